The van der Waals surface area contributed by atoms with E-state index in [2.05, 4.69) is 16.4 Å². The summed E-state index contributed by atoms with van der Waals surface area (Å²) in [4.78, 5) is 4.05. The lowest BCUT2D eigenvalue weighted by Gasteiger charge is -2.02. The van der Waals surface area contributed by atoms with Crippen molar-refractivity contribution in [3.05, 3.63) is 29.5 Å². The summed E-state index contributed by atoms with van der Waals surface area (Å²) < 4.78 is 0. The summed E-state index contributed by atoms with van der Waals surface area (Å²) in [6.07, 6.45) is 6.88. The molecular weight excluding hydrogens is 174 g/mol. The van der Waals surface area contributed by atoms with E-state index in [4.69, 9.17) is 5.73 Å². The number of nitrogens with two attached hydrogens (primary N) is 1. The normalized spacial score (nSPS) is 11.0. The van der Waals surface area contributed by atoms with Crippen molar-refractivity contribution in [1.29, 1.82) is 0 Å². The average molecular weight is 191 g/mol. The molecule has 3 heteroatoms. The lowest BCUT2D eigenvalue weighted by atomic mass is 10.1. The lowest BCUT2D eigenvalue weighted by Crippen LogP contribution is -2.05. The number of anilines is 1. The molecule has 0 aromatic carbocycles. The second-order valence-corrected chi connectivity index (χ2v) is 3.22. The van der Waals surface area contributed by atoms with E-state index in [0.717, 1.165) is 18.5 Å². The Morgan fingerprint density at radius 3 is 3.00 bits per heavy atom. The molecule has 0 unspecified atom stereocenters. The van der Waals surface area contributed by atoms with Gasteiger partial charge in [0.05, 0.1) is 0 Å². The summed E-state index contributed by atoms with van der Waals surface area (Å²) in [7, 11) is 1.94. The third-order valence-electron chi connectivity index (χ3n) is 2.08. The van der Waals surface area contributed by atoms with Crippen LogP contribution in [0.2, 0.25) is 0 Å². The smallest absolute Gasteiger partial charge is 0.130 e. The Labute approximate surface area is 85.0 Å². The Hall–Kier alpha value is -1.35. The number of rotatable bonds is 4. The molecule has 3 nitrogen and oxygen atoms in total. The molecule has 0 radical (unpaired) electrons. The van der Waals surface area contributed by atoms with Crippen LogP contribution >= 0.6 is 0 Å². The van der Waals surface area contributed by atoms with Gasteiger partial charge >= 0.3 is 0 Å². The van der Waals surface area contributed by atoms with E-state index < -0.39 is 0 Å². The largest absolute Gasteiger partial charge is 0.383 e. The van der Waals surface area contributed by atoms with Gasteiger partial charge in [0.1, 0.15) is 5.82 Å². The van der Waals surface area contributed by atoms with Crippen LogP contribution in [0.15, 0.2) is 18.3 Å². The van der Waals surface area contributed by atoms with E-state index in [0.29, 0.717) is 5.82 Å². The minimum atomic E-state index is 0.603. The van der Waals surface area contributed by atoms with Gasteiger partial charge in [0.2, 0.25) is 0 Å². The van der Waals surface area contributed by atoms with Gasteiger partial charge in [-0.25, -0.2) is 4.98 Å². The zero-order valence-electron chi connectivity index (χ0n) is 8.75. The molecule has 1 aromatic rings. The van der Waals surface area contributed by atoms with Crippen molar-refractivity contribution in [3.63, 3.8) is 0 Å². The zero-order chi connectivity index (χ0) is 10.4. The van der Waals surface area contributed by atoms with Gasteiger partial charge in [0.15, 0.2) is 0 Å². The second-order valence-electron chi connectivity index (χ2n) is 3.22. The van der Waals surface area contributed by atoms with Crippen LogP contribution in [0.25, 0.3) is 6.08 Å². The van der Waals surface area contributed by atoms with Gasteiger partial charge in [0.25, 0.3) is 0 Å². The van der Waals surface area contributed by atoms with Crippen molar-refractivity contribution in [2.24, 2.45) is 0 Å². The standard InChI is InChI=1S/C11H17N3/c1-9-6-8-14-11(12)10(9)5-3-4-7-13-2/h3,5-6,8,13H,4,7H2,1-2H3,(H2,12,14). The summed E-state index contributed by atoms with van der Waals surface area (Å²) in [5.74, 6) is 0.603. The molecular formula is C11H17N3. The van der Waals surface area contributed by atoms with E-state index in [1.165, 1.54) is 5.56 Å². The number of aryl methyl sites for hydroxylation is 1. The summed E-state index contributed by atoms with van der Waals surface area (Å²) in [6, 6.07) is 1.97. The summed E-state index contributed by atoms with van der Waals surface area (Å²) in [6.45, 7) is 3.02. The van der Waals surface area contributed by atoms with Crippen molar-refractivity contribution in [2.45, 2.75) is 13.3 Å². The maximum Gasteiger partial charge on any atom is 0.130 e. The molecule has 76 valence electrons. The maximum absolute atomic E-state index is 5.76. The first kappa shape index (κ1) is 10.7. The molecule has 0 fully saturated rings. The van der Waals surface area contributed by atoms with Crippen LogP contribution < -0.4 is 11.1 Å². The Morgan fingerprint density at radius 1 is 1.57 bits per heavy atom. The third-order valence-corrected chi connectivity index (χ3v) is 2.08. The van der Waals surface area contributed by atoms with Crippen LogP contribution in [0.3, 0.4) is 0 Å². The molecule has 0 spiro atoms. The van der Waals surface area contributed by atoms with Crippen LogP contribution in [0.5, 0.6) is 0 Å². The number of hydrogen-bond donors (Lipinski definition) is 2. The molecule has 0 saturated heterocycles. The predicted molar refractivity (Wildman–Crippen MR) is 61.0 cm³/mol. The van der Waals surface area contributed by atoms with Crippen LogP contribution in [0.4, 0.5) is 5.82 Å². The highest BCUT2D eigenvalue weighted by molar-refractivity contribution is 5.63. The molecule has 0 atom stereocenters. The summed E-state index contributed by atoms with van der Waals surface area (Å²) >= 11 is 0. The Bertz CT molecular complexity index is 298. The number of aromatic nitrogens is 1. The Balaban J connectivity index is 2.70. The molecule has 0 aliphatic carbocycles. The van der Waals surface area contributed by atoms with E-state index in [1.807, 2.05) is 26.1 Å². The van der Waals surface area contributed by atoms with Crippen LogP contribution in [0.1, 0.15) is 17.5 Å². The fourth-order valence-electron chi connectivity index (χ4n) is 1.24. The predicted octanol–water partition coefficient (Wildman–Crippen LogP) is 1.59. The number of hydrogen-bond acceptors (Lipinski definition) is 3. The van der Waals surface area contributed by atoms with Crippen molar-refractivity contribution in [2.75, 3.05) is 19.3 Å². The van der Waals surface area contributed by atoms with Crippen molar-refractivity contribution in [3.8, 4) is 0 Å². The average Bonchev–Trinajstić information content (AvgIpc) is 2.16. The monoisotopic (exact) mass is 191 g/mol. The highest BCUT2D eigenvalue weighted by Gasteiger charge is 1.98. The van der Waals surface area contributed by atoms with Crippen LogP contribution in [-0.4, -0.2) is 18.6 Å². The molecule has 0 aliphatic rings. The molecule has 1 heterocycles. The molecule has 1 rings (SSSR count). The first-order valence-corrected chi connectivity index (χ1v) is 4.78. The van der Waals surface area contributed by atoms with Gasteiger partial charge < -0.3 is 11.1 Å². The quantitative estimate of drug-likeness (QED) is 0.711. The Morgan fingerprint density at radius 2 is 2.36 bits per heavy atom. The minimum absolute atomic E-state index is 0.603. The molecule has 0 bridgehead atoms. The van der Waals surface area contributed by atoms with Gasteiger partial charge in [-0.2, -0.15) is 0 Å². The van der Waals surface area contributed by atoms with E-state index in [1.54, 1.807) is 6.20 Å². The molecule has 3 N–H and O–H groups in total. The molecule has 14 heavy (non-hydrogen) atoms. The first-order chi connectivity index (χ1) is 6.75. The van der Waals surface area contributed by atoms with Crippen molar-refractivity contribution >= 4 is 11.9 Å². The SMILES string of the molecule is CNCCC=Cc1c(C)ccnc1N. The highest BCUT2D eigenvalue weighted by Crippen LogP contribution is 2.15. The first-order valence-electron chi connectivity index (χ1n) is 4.78. The molecule has 1 aromatic heterocycles. The molecule has 0 amide bonds. The maximum atomic E-state index is 5.76. The highest BCUT2D eigenvalue weighted by atomic mass is 14.8. The van der Waals surface area contributed by atoms with E-state index >= 15 is 0 Å². The van der Waals surface area contributed by atoms with Crippen LogP contribution in [0, 0.1) is 6.92 Å². The lowest BCUT2D eigenvalue weighted by molar-refractivity contribution is 0.809. The molecule has 0 saturated carbocycles. The minimum Gasteiger partial charge on any atom is -0.383 e. The van der Waals surface area contributed by atoms with Gasteiger partial charge in [0, 0.05) is 11.8 Å². The van der Waals surface area contributed by atoms with Gasteiger partial charge in [-0.3, -0.25) is 0 Å². The number of nitrogens with zero attached hydrogens (tertiary/aromatic N) is 1. The second kappa shape index (κ2) is 5.40. The van der Waals surface area contributed by atoms with E-state index in [9.17, 15) is 0 Å². The number of pyridine rings is 1. The van der Waals surface area contributed by atoms with Crippen molar-refractivity contribution < 1.29 is 0 Å². The summed E-state index contributed by atoms with van der Waals surface area (Å²) in [5, 5.41) is 3.09. The number of nitrogens with one attached hydrogen (secondary N) is 1. The van der Waals surface area contributed by atoms with Crippen molar-refractivity contribution in [1.82, 2.24) is 10.3 Å². The fourth-order valence-corrected chi connectivity index (χ4v) is 1.24. The zero-order valence-corrected chi connectivity index (χ0v) is 8.75. The summed E-state index contributed by atoms with van der Waals surface area (Å²) in [5.41, 5.74) is 7.95. The van der Waals surface area contributed by atoms with Gasteiger partial charge in [-0.1, -0.05) is 12.2 Å². The van der Waals surface area contributed by atoms with Crippen LogP contribution in [-0.2, 0) is 0 Å². The fraction of sp³-hybridized carbons (Fsp3) is 0.364. The Kier molecular flexibility index (Phi) is 4.13. The topological polar surface area (TPSA) is 50.9 Å². The number of nitrogen functional groups attached to an aromatic ring is 1. The molecule has 0 aliphatic heterocycles. The van der Waals surface area contributed by atoms with E-state index in [-0.39, 0.29) is 0 Å². The van der Waals surface area contributed by atoms with Gasteiger partial charge in [-0.15, -0.1) is 0 Å². The van der Waals surface area contributed by atoms with Gasteiger partial charge in [-0.05, 0) is 38.6 Å². The third kappa shape index (κ3) is 2.85.